The lowest BCUT2D eigenvalue weighted by atomic mass is 9.97. The maximum atomic E-state index is 9.67. The van der Waals surface area contributed by atoms with Crippen LogP contribution in [-0.4, -0.2) is 12.4 Å². The highest BCUT2D eigenvalue weighted by molar-refractivity contribution is 6.18. The molecular formula is C5H10ClNO. The van der Waals surface area contributed by atoms with Crippen molar-refractivity contribution in [2.24, 2.45) is 10.6 Å². The summed E-state index contributed by atoms with van der Waals surface area (Å²) in [5.74, 6) is 0.485. The van der Waals surface area contributed by atoms with Crippen LogP contribution in [0.5, 0.6) is 0 Å². The van der Waals surface area contributed by atoms with Crippen LogP contribution >= 0.6 is 11.6 Å². The maximum absolute atomic E-state index is 9.67. The average molecular weight is 136 g/mol. The van der Waals surface area contributed by atoms with Gasteiger partial charge in [0, 0.05) is 11.3 Å². The zero-order valence-corrected chi connectivity index (χ0v) is 5.90. The molecule has 3 heteroatoms. The van der Waals surface area contributed by atoms with Crippen LogP contribution in [0.4, 0.5) is 0 Å². The molecule has 0 aromatic carbocycles. The minimum absolute atomic E-state index is 0.122. The molecular weight excluding hydrogens is 126 g/mol. The fourth-order valence-electron chi connectivity index (χ4n) is 0.217. The van der Waals surface area contributed by atoms with E-state index in [4.69, 9.17) is 11.6 Å². The zero-order chi connectivity index (χ0) is 6.62. The number of hydrogen-bond acceptors (Lipinski definition) is 2. The van der Waals surface area contributed by atoms with Gasteiger partial charge in [0.1, 0.15) is 0 Å². The molecule has 0 aliphatic rings. The molecule has 2 nitrogen and oxygen atoms in total. The van der Waals surface area contributed by atoms with E-state index in [0.717, 1.165) is 0 Å². The van der Waals surface area contributed by atoms with Crippen molar-refractivity contribution in [1.29, 1.82) is 0 Å². The van der Waals surface area contributed by atoms with Gasteiger partial charge in [0.15, 0.2) is 0 Å². The van der Waals surface area contributed by atoms with Gasteiger partial charge in [-0.1, -0.05) is 19.0 Å². The van der Waals surface area contributed by atoms with E-state index >= 15 is 0 Å². The molecule has 8 heavy (non-hydrogen) atoms. The van der Waals surface area contributed by atoms with Crippen molar-refractivity contribution in [3.05, 3.63) is 4.91 Å². The number of nitrogens with zero attached hydrogens (tertiary/aromatic N) is 1. The van der Waals surface area contributed by atoms with Gasteiger partial charge in [-0.15, -0.1) is 11.6 Å². The minimum atomic E-state index is -0.122. The summed E-state index contributed by atoms with van der Waals surface area (Å²) in [6.45, 7) is 4.11. The molecule has 0 unspecified atom stereocenters. The van der Waals surface area contributed by atoms with Gasteiger partial charge < -0.3 is 0 Å². The number of halogens is 1. The van der Waals surface area contributed by atoms with Gasteiger partial charge in [0.2, 0.25) is 0 Å². The number of nitroso groups, excluding NO2 is 1. The van der Waals surface area contributed by atoms with Crippen LogP contribution in [0.15, 0.2) is 5.18 Å². The van der Waals surface area contributed by atoms with E-state index < -0.39 is 0 Å². The van der Waals surface area contributed by atoms with E-state index in [0.29, 0.717) is 12.4 Å². The summed E-state index contributed by atoms with van der Waals surface area (Å²) in [6.07, 6.45) is 0. The Bertz CT molecular complexity index is 82.5. The van der Waals surface area contributed by atoms with Crippen molar-refractivity contribution >= 4 is 11.6 Å². The topological polar surface area (TPSA) is 29.4 Å². The molecule has 0 atom stereocenters. The molecule has 0 amide bonds. The summed E-state index contributed by atoms with van der Waals surface area (Å²) in [5, 5.41) is 2.74. The third kappa shape index (κ3) is 2.97. The SMILES string of the molecule is CC(C)(CCl)CN=O. The molecule has 0 radical (unpaired) electrons. The molecule has 0 aromatic heterocycles. The first-order valence-electron chi connectivity index (χ1n) is 2.47. The fraction of sp³-hybridized carbons (Fsp3) is 1.00. The van der Waals surface area contributed by atoms with Gasteiger partial charge >= 0.3 is 0 Å². The Kier molecular flexibility index (Phi) is 2.98. The minimum Gasteiger partial charge on any atom is -0.151 e. The predicted octanol–water partition coefficient (Wildman–Crippen LogP) is 2.02. The molecule has 0 heterocycles. The summed E-state index contributed by atoms with van der Waals surface area (Å²) in [5.41, 5.74) is -0.122. The number of hydrogen-bond donors (Lipinski definition) is 0. The highest BCUT2D eigenvalue weighted by atomic mass is 35.5. The van der Waals surface area contributed by atoms with E-state index in [2.05, 4.69) is 5.18 Å². The Labute approximate surface area is 54.2 Å². The normalized spacial score (nSPS) is 11.4. The molecule has 0 saturated carbocycles. The van der Waals surface area contributed by atoms with Crippen LogP contribution in [0.3, 0.4) is 0 Å². The highest BCUT2D eigenvalue weighted by Gasteiger charge is 2.15. The fourth-order valence-corrected chi connectivity index (χ4v) is 0.302. The summed E-state index contributed by atoms with van der Waals surface area (Å²) in [7, 11) is 0. The van der Waals surface area contributed by atoms with E-state index in [-0.39, 0.29) is 5.41 Å². The lowest BCUT2D eigenvalue weighted by molar-refractivity contribution is 0.435. The third-order valence-electron chi connectivity index (χ3n) is 0.854. The van der Waals surface area contributed by atoms with Gasteiger partial charge in [-0.2, -0.15) is 4.91 Å². The first kappa shape index (κ1) is 7.89. The lowest BCUT2D eigenvalue weighted by Gasteiger charge is -2.14. The highest BCUT2D eigenvalue weighted by Crippen LogP contribution is 2.16. The van der Waals surface area contributed by atoms with Crippen molar-refractivity contribution in [2.75, 3.05) is 12.4 Å². The van der Waals surface area contributed by atoms with Crippen molar-refractivity contribution in [1.82, 2.24) is 0 Å². The second-order valence-electron chi connectivity index (χ2n) is 2.59. The monoisotopic (exact) mass is 135 g/mol. The Morgan fingerprint density at radius 2 is 2.12 bits per heavy atom. The first-order valence-corrected chi connectivity index (χ1v) is 3.01. The van der Waals surface area contributed by atoms with Gasteiger partial charge in [0.25, 0.3) is 0 Å². The molecule has 0 saturated heterocycles. The number of alkyl halides is 1. The predicted molar refractivity (Wildman–Crippen MR) is 35.2 cm³/mol. The van der Waals surface area contributed by atoms with E-state index in [1.807, 2.05) is 13.8 Å². The molecule has 48 valence electrons. The van der Waals surface area contributed by atoms with Crippen molar-refractivity contribution in [3.8, 4) is 0 Å². The van der Waals surface area contributed by atoms with Crippen molar-refractivity contribution in [2.45, 2.75) is 13.8 Å². The maximum Gasteiger partial charge on any atom is 0.0873 e. The van der Waals surface area contributed by atoms with Crippen LogP contribution in [0.2, 0.25) is 0 Å². The van der Waals surface area contributed by atoms with Gasteiger partial charge in [-0.25, -0.2) is 0 Å². The lowest BCUT2D eigenvalue weighted by Crippen LogP contribution is -2.16. The van der Waals surface area contributed by atoms with E-state index in [1.165, 1.54) is 0 Å². The van der Waals surface area contributed by atoms with Gasteiger partial charge in [0.05, 0.1) is 6.54 Å². The zero-order valence-electron chi connectivity index (χ0n) is 5.15. The third-order valence-corrected chi connectivity index (χ3v) is 1.58. The summed E-state index contributed by atoms with van der Waals surface area (Å²) in [4.78, 5) is 9.67. The standard InChI is InChI=1S/C5H10ClNO/c1-5(2,3-6)4-7-8/h3-4H2,1-2H3. The molecule has 0 N–H and O–H groups in total. The largest absolute Gasteiger partial charge is 0.151 e. The molecule has 0 bridgehead atoms. The van der Waals surface area contributed by atoms with Crippen LogP contribution in [0.25, 0.3) is 0 Å². The second kappa shape index (κ2) is 3.02. The van der Waals surface area contributed by atoms with E-state index in [1.54, 1.807) is 0 Å². The second-order valence-corrected chi connectivity index (χ2v) is 2.85. The smallest absolute Gasteiger partial charge is 0.0873 e. The van der Waals surface area contributed by atoms with Crippen molar-refractivity contribution in [3.63, 3.8) is 0 Å². The van der Waals surface area contributed by atoms with Crippen LogP contribution < -0.4 is 0 Å². The Hall–Kier alpha value is -0.110. The van der Waals surface area contributed by atoms with Crippen LogP contribution in [0, 0.1) is 10.3 Å². The molecule has 0 aromatic rings. The van der Waals surface area contributed by atoms with Crippen LogP contribution in [-0.2, 0) is 0 Å². The number of rotatable bonds is 3. The molecule has 0 rings (SSSR count). The summed E-state index contributed by atoms with van der Waals surface area (Å²) in [6, 6.07) is 0. The van der Waals surface area contributed by atoms with Gasteiger partial charge in [-0.05, 0) is 0 Å². The first-order chi connectivity index (χ1) is 3.62. The molecule has 0 spiro atoms. The summed E-state index contributed by atoms with van der Waals surface area (Å²) >= 11 is 5.47. The van der Waals surface area contributed by atoms with Gasteiger partial charge in [-0.3, -0.25) is 0 Å². The molecule has 0 fully saturated rings. The Morgan fingerprint density at radius 1 is 1.62 bits per heavy atom. The molecule has 0 aliphatic heterocycles. The summed E-state index contributed by atoms with van der Waals surface area (Å²) < 4.78 is 0. The van der Waals surface area contributed by atoms with E-state index in [9.17, 15) is 4.91 Å². The quantitative estimate of drug-likeness (QED) is 0.430. The van der Waals surface area contributed by atoms with Crippen LogP contribution in [0.1, 0.15) is 13.8 Å². The molecule has 0 aliphatic carbocycles. The Balaban J connectivity index is 3.53. The Morgan fingerprint density at radius 3 is 2.25 bits per heavy atom. The van der Waals surface area contributed by atoms with Crippen molar-refractivity contribution < 1.29 is 0 Å². The average Bonchev–Trinajstić information content (AvgIpc) is 1.67.